The van der Waals surface area contributed by atoms with Crippen LogP contribution in [-0.4, -0.2) is 35.3 Å². The molecule has 1 aliphatic rings. The second-order valence-electron chi connectivity index (χ2n) is 8.30. The van der Waals surface area contributed by atoms with Crippen molar-refractivity contribution >= 4 is 26.9 Å². The summed E-state index contributed by atoms with van der Waals surface area (Å²) in [7, 11) is -1.68. The molecule has 1 fully saturated rings. The van der Waals surface area contributed by atoms with Crippen molar-refractivity contribution in [1.82, 2.24) is 14.3 Å². The van der Waals surface area contributed by atoms with Gasteiger partial charge in [-0.05, 0) is 52.4 Å². The molecule has 0 amide bonds. The Bertz CT molecular complexity index is 963. The van der Waals surface area contributed by atoms with Crippen molar-refractivity contribution in [3.63, 3.8) is 0 Å². The van der Waals surface area contributed by atoms with Gasteiger partial charge in [-0.1, -0.05) is 0 Å². The summed E-state index contributed by atoms with van der Waals surface area (Å²) in [6, 6.07) is 1.80. The zero-order valence-corrected chi connectivity index (χ0v) is 17.1. The number of aromatic nitrogens is 2. The minimum atomic E-state index is -3.30. The van der Waals surface area contributed by atoms with Crippen LogP contribution in [0.2, 0.25) is 0 Å². The first kappa shape index (κ1) is 19.9. The van der Waals surface area contributed by atoms with E-state index in [4.69, 9.17) is 4.42 Å². The van der Waals surface area contributed by atoms with E-state index in [9.17, 15) is 13.2 Å². The summed E-state index contributed by atoms with van der Waals surface area (Å²) in [5.74, 6) is 0.0459. The summed E-state index contributed by atoms with van der Waals surface area (Å²) in [6.07, 6.45) is 5.29. The number of nitrogens with one attached hydrogen (secondary N) is 2. The standard InChI is InChI=1S/C18H28N4O4S/c1-18(2,3)27(24,25)21-13-7-5-12(6-8-13)10-19-14-9-15-16(20-11-14)22(4)17(23)26-15/h9,11-13,19,21H,5-8,10H2,1-4H3. The molecule has 0 bridgehead atoms. The minimum Gasteiger partial charge on any atom is -0.406 e. The van der Waals surface area contributed by atoms with Crippen molar-refractivity contribution in [1.29, 1.82) is 0 Å². The van der Waals surface area contributed by atoms with Crippen LogP contribution < -0.4 is 15.8 Å². The molecule has 3 rings (SSSR count). The SMILES string of the molecule is Cn1c(=O)oc2cc(NCC3CCC(NS(=O)(=O)C(C)(C)C)CC3)cnc21. The Morgan fingerprint density at radius 1 is 1.26 bits per heavy atom. The van der Waals surface area contributed by atoms with Gasteiger partial charge in [-0.15, -0.1) is 0 Å². The van der Waals surface area contributed by atoms with Gasteiger partial charge < -0.3 is 9.73 Å². The van der Waals surface area contributed by atoms with E-state index in [1.54, 1.807) is 40.1 Å². The van der Waals surface area contributed by atoms with Gasteiger partial charge in [0.15, 0.2) is 11.2 Å². The molecule has 0 unspecified atom stereocenters. The molecule has 2 N–H and O–H groups in total. The Morgan fingerprint density at radius 3 is 2.56 bits per heavy atom. The summed E-state index contributed by atoms with van der Waals surface area (Å²) in [6.45, 7) is 5.92. The monoisotopic (exact) mass is 396 g/mol. The number of fused-ring (bicyclic) bond motifs is 1. The first-order valence-corrected chi connectivity index (χ1v) is 10.8. The van der Waals surface area contributed by atoms with E-state index in [1.807, 2.05) is 0 Å². The summed E-state index contributed by atoms with van der Waals surface area (Å²) in [5, 5.41) is 3.35. The van der Waals surface area contributed by atoms with E-state index in [2.05, 4.69) is 15.0 Å². The zero-order chi connectivity index (χ0) is 19.8. The van der Waals surface area contributed by atoms with E-state index in [-0.39, 0.29) is 6.04 Å². The van der Waals surface area contributed by atoms with Crippen LogP contribution >= 0.6 is 0 Å². The third-order valence-electron chi connectivity index (χ3n) is 5.19. The van der Waals surface area contributed by atoms with Gasteiger partial charge in [0.05, 0.1) is 16.6 Å². The molecule has 0 aliphatic heterocycles. The first-order valence-electron chi connectivity index (χ1n) is 9.28. The lowest BCUT2D eigenvalue weighted by Crippen LogP contribution is -2.46. The maximum Gasteiger partial charge on any atom is 0.420 e. The third kappa shape index (κ3) is 4.35. The van der Waals surface area contributed by atoms with Crippen molar-refractivity contribution in [2.24, 2.45) is 13.0 Å². The third-order valence-corrected chi connectivity index (χ3v) is 7.45. The summed E-state index contributed by atoms with van der Waals surface area (Å²) in [5.41, 5.74) is 1.80. The average Bonchev–Trinajstić information content (AvgIpc) is 2.87. The lowest BCUT2D eigenvalue weighted by atomic mass is 9.86. The molecule has 1 saturated carbocycles. The van der Waals surface area contributed by atoms with Gasteiger partial charge in [0.2, 0.25) is 10.0 Å². The topological polar surface area (TPSA) is 106 Å². The maximum atomic E-state index is 12.3. The van der Waals surface area contributed by atoms with Gasteiger partial charge in [0.25, 0.3) is 0 Å². The molecule has 1 aliphatic carbocycles. The van der Waals surface area contributed by atoms with Crippen LogP contribution in [0.15, 0.2) is 21.5 Å². The van der Waals surface area contributed by atoms with Gasteiger partial charge in [-0.3, -0.25) is 4.57 Å². The quantitative estimate of drug-likeness (QED) is 0.803. The van der Waals surface area contributed by atoms with E-state index >= 15 is 0 Å². The molecular formula is C18H28N4O4S. The summed E-state index contributed by atoms with van der Waals surface area (Å²) < 4.78 is 33.2. The lowest BCUT2D eigenvalue weighted by molar-refractivity contribution is 0.322. The van der Waals surface area contributed by atoms with E-state index in [0.717, 1.165) is 37.9 Å². The molecule has 150 valence electrons. The molecule has 0 atom stereocenters. The molecule has 2 aromatic heterocycles. The Labute approximate surface area is 159 Å². The number of hydrogen-bond donors (Lipinski definition) is 2. The van der Waals surface area contributed by atoms with Crippen LogP contribution in [-0.2, 0) is 17.1 Å². The molecule has 8 nitrogen and oxygen atoms in total. The molecule has 0 aromatic carbocycles. The summed E-state index contributed by atoms with van der Waals surface area (Å²) in [4.78, 5) is 15.8. The van der Waals surface area contributed by atoms with Gasteiger partial charge in [0, 0.05) is 25.7 Å². The fourth-order valence-corrected chi connectivity index (χ4v) is 4.28. The van der Waals surface area contributed by atoms with Crippen LogP contribution in [0.5, 0.6) is 0 Å². The van der Waals surface area contributed by atoms with Crippen molar-refractivity contribution < 1.29 is 12.8 Å². The van der Waals surface area contributed by atoms with E-state index in [1.165, 1.54) is 4.57 Å². The minimum absolute atomic E-state index is 0.0158. The number of sulfonamides is 1. The number of oxazole rings is 1. The van der Waals surface area contributed by atoms with Gasteiger partial charge in [-0.25, -0.2) is 22.9 Å². The second-order valence-corrected chi connectivity index (χ2v) is 10.8. The molecule has 2 aromatic rings. The molecule has 0 spiro atoms. The van der Waals surface area contributed by atoms with Gasteiger partial charge >= 0.3 is 5.76 Å². The van der Waals surface area contributed by atoms with Gasteiger partial charge in [0.1, 0.15) is 0 Å². The number of aryl methyl sites for hydroxylation is 1. The van der Waals surface area contributed by atoms with E-state index in [0.29, 0.717) is 17.1 Å². The van der Waals surface area contributed by atoms with Crippen LogP contribution in [0.3, 0.4) is 0 Å². The van der Waals surface area contributed by atoms with Crippen LogP contribution in [0, 0.1) is 5.92 Å². The predicted octanol–water partition coefficient (Wildman–Crippen LogP) is 2.22. The molecule has 0 radical (unpaired) electrons. The van der Waals surface area contributed by atoms with Crippen molar-refractivity contribution in [3.8, 4) is 0 Å². The zero-order valence-electron chi connectivity index (χ0n) is 16.3. The molecular weight excluding hydrogens is 368 g/mol. The first-order chi connectivity index (χ1) is 12.6. The number of hydrogen-bond acceptors (Lipinski definition) is 6. The Balaban J connectivity index is 1.52. The highest BCUT2D eigenvalue weighted by Gasteiger charge is 2.32. The molecule has 2 heterocycles. The highest BCUT2D eigenvalue weighted by Crippen LogP contribution is 2.27. The second kappa shape index (κ2) is 7.27. The number of pyridine rings is 1. The number of nitrogens with zero attached hydrogens (tertiary/aromatic N) is 2. The fourth-order valence-electron chi connectivity index (χ4n) is 3.25. The lowest BCUT2D eigenvalue weighted by Gasteiger charge is -2.31. The summed E-state index contributed by atoms with van der Waals surface area (Å²) >= 11 is 0. The Morgan fingerprint density at radius 2 is 1.93 bits per heavy atom. The highest BCUT2D eigenvalue weighted by atomic mass is 32.2. The molecule has 9 heteroatoms. The van der Waals surface area contributed by atoms with Crippen molar-refractivity contribution in [2.45, 2.75) is 57.2 Å². The van der Waals surface area contributed by atoms with E-state index < -0.39 is 20.5 Å². The van der Waals surface area contributed by atoms with Gasteiger partial charge in [-0.2, -0.15) is 0 Å². The smallest absolute Gasteiger partial charge is 0.406 e. The number of rotatable bonds is 5. The van der Waals surface area contributed by atoms with Crippen molar-refractivity contribution in [3.05, 3.63) is 22.8 Å². The average molecular weight is 397 g/mol. The molecule has 27 heavy (non-hydrogen) atoms. The number of anilines is 1. The molecule has 0 saturated heterocycles. The Hall–Kier alpha value is -1.87. The maximum absolute atomic E-state index is 12.3. The van der Waals surface area contributed by atoms with Crippen molar-refractivity contribution in [2.75, 3.05) is 11.9 Å². The van der Waals surface area contributed by atoms with Crippen LogP contribution in [0.25, 0.3) is 11.2 Å². The fraction of sp³-hybridized carbons (Fsp3) is 0.667. The predicted molar refractivity (Wildman–Crippen MR) is 105 cm³/mol. The Kier molecular flexibility index (Phi) is 5.36. The highest BCUT2D eigenvalue weighted by molar-refractivity contribution is 7.90. The van der Waals surface area contributed by atoms with Crippen LogP contribution in [0.1, 0.15) is 46.5 Å². The normalized spacial score (nSPS) is 21.5. The largest absolute Gasteiger partial charge is 0.420 e. The van der Waals surface area contributed by atoms with Crippen LogP contribution in [0.4, 0.5) is 5.69 Å².